The number of unbranched alkanes of at least 4 members (excludes halogenated alkanes) is 3. The lowest BCUT2D eigenvalue weighted by Gasteiger charge is -2.27. The number of nitrogens with zero attached hydrogens (tertiary/aromatic N) is 2. The molecule has 0 spiro atoms. The molecule has 2 N–H and O–H groups in total. The third-order valence-corrected chi connectivity index (χ3v) is 15.6. The number of hydrogen-bond acceptors (Lipinski definition) is 5. The molecule has 0 atom stereocenters. The van der Waals surface area contributed by atoms with Gasteiger partial charge in [0.05, 0.1) is 31.5 Å². The van der Waals surface area contributed by atoms with Crippen molar-refractivity contribution in [3.05, 3.63) is 156 Å². The molecule has 0 saturated carbocycles. The minimum Gasteiger partial charge on any atom is -0.495 e. The van der Waals surface area contributed by atoms with Crippen LogP contribution in [-0.2, 0) is 10.0 Å². The Labute approximate surface area is 314 Å². The molecular weight excluding hydrogens is 755 g/mol. The molecular formula is C41H41BrN4O4PS+. The summed E-state index contributed by atoms with van der Waals surface area (Å²) in [7, 11) is -4.46. The Morgan fingerprint density at radius 3 is 1.87 bits per heavy atom. The van der Waals surface area contributed by atoms with Crippen LogP contribution in [0.5, 0.6) is 5.75 Å². The van der Waals surface area contributed by atoms with Crippen molar-refractivity contribution in [2.45, 2.75) is 30.6 Å². The molecule has 1 amide bonds. The molecule has 0 fully saturated rings. The second-order valence-corrected chi connectivity index (χ2v) is 18.5. The first-order valence-electron chi connectivity index (χ1n) is 17.1. The molecule has 0 unspecified atom stereocenters. The summed E-state index contributed by atoms with van der Waals surface area (Å²) in [6.07, 6.45) is 7.40. The van der Waals surface area contributed by atoms with E-state index in [1.54, 1.807) is 24.3 Å². The Morgan fingerprint density at radius 2 is 1.33 bits per heavy atom. The molecule has 52 heavy (non-hydrogen) atoms. The first-order valence-corrected chi connectivity index (χ1v) is 21.4. The molecule has 266 valence electrons. The molecule has 0 saturated heterocycles. The van der Waals surface area contributed by atoms with E-state index >= 15 is 0 Å². The highest BCUT2D eigenvalue weighted by molar-refractivity contribution is 9.10. The van der Waals surface area contributed by atoms with E-state index in [9.17, 15) is 13.2 Å². The smallest absolute Gasteiger partial charge is 0.280 e. The van der Waals surface area contributed by atoms with E-state index in [2.05, 4.69) is 122 Å². The van der Waals surface area contributed by atoms with Crippen LogP contribution in [-0.4, -0.2) is 44.1 Å². The molecule has 11 heteroatoms. The average molecular weight is 797 g/mol. The van der Waals surface area contributed by atoms with Crippen LogP contribution in [0.4, 0.5) is 11.4 Å². The molecule has 0 aliphatic carbocycles. The Morgan fingerprint density at radius 1 is 0.769 bits per heavy atom. The van der Waals surface area contributed by atoms with Crippen molar-refractivity contribution >= 4 is 66.4 Å². The topological polar surface area (TPSA) is 104 Å². The van der Waals surface area contributed by atoms with Gasteiger partial charge in [-0.1, -0.05) is 76.9 Å². The van der Waals surface area contributed by atoms with Gasteiger partial charge >= 0.3 is 0 Å². The Bertz CT molecular complexity index is 2060. The van der Waals surface area contributed by atoms with Crippen LogP contribution in [0.15, 0.2) is 155 Å². The fourth-order valence-corrected chi connectivity index (χ4v) is 12.4. The molecule has 8 nitrogen and oxygen atoms in total. The van der Waals surface area contributed by atoms with Crippen LogP contribution >= 0.6 is 23.2 Å². The van der Waals surface area contributed by atoms with E-state index in [1.165, 1.54) is 46.5 Å². The van der Waals surface area contributed by atoms with Crippen LogP contribution in [0.2, 0.25) is 0 Å². The first kappa shape index (κ1) is 37.2. The van der Waals surface area contributed by atoms with Crippen molar-refractivity contribution in [2.75, 3.05) is 24.7 Å². The zero-order valence-electron chi connectivity index (χ0n) is 28.9. The Balaban J connectivity index is 1.15. The number of aromatic nitrogens is 2. The minimum absolute atomic E-state index is 0.0461. The van der Waals surface area contributed by atoms with Gasteiger partial charge in [-0.15, -0.1) is 0 Å². The molecule has 1 heterocycles. The van der Waals surface area contributed by atoms with Gasteiger partial charge in [-0.3, -0.25) is 9.69 Å². The van der Waals surface area contributed by atoms with Crippen LogP contribution in [0.3, 0.4) is 0 Å². The molecule has 0 bridgehead atoms. The van der Waals surface area contributed by atoms with Gasteiger partial charge in [0.15, 0.2) is 0 Å². The number of methoxy groups -OCH3 is 1. The van der Waals surface area contributed by atoms with E-state index in [0.29, 0.717) is 17.8 Å². The minimum atomic E-state index is -3.99. The number of anilines is 2. The van der Waals surface area contributed by atoms with Crippen molar-refractivity contribution in [3.63, 3.8) is 0 Å². The fourth-order valence-electron chi connectivity index (χ4n) is 6.48. The normalized spacial score (nSPS) is 11.7. The van der Waals surface area contributed by atoms with Gasteiger partial charge in [-0.05, 0) is 98.1 Å². The SMILES string of the molecule is COc1ccc(N(C(=O)c2cnc[nH]2)c2ccc(Br)cc2)cc1S(=O)(=O)NCCCCCC[P+](c1ccccc1)(c1ccccc1)c1ccccc1. The summed E-state index contributed by atoms with van der Waals surface area (Å²) >= 11 is 3.44. The van der Waals surface area contributed by atoms with E-state index in [-0.39, 0.29) is 28.8 Å². The number of rotatable bonds is 16. The van der Waals surface area contributed by atoms with Crippen LogP contribution < -0.4 is 30.3 Å². The zero-order valence-corrected chi connectivity index (χ0v) is 32.2. The third-order valence-electron chi connectivity index (χ3n) is 9.01. The van der Waals surface area contributed by atoms with Crippen LogP contribution in [0.25, 0.3) is 0 Å². The van der Waals surface area contributed by atoms with E-state index in [4.69, 9.17) is 4.74 Å². The van der Waals surface area contributed by atoms with Gasteiger partial charge < -0.3 is 9.72 Å². The predicted octanol–water partition coefficient (Wildman–Crippen LogP) is 7.99. The number of benzene rings is 5. The molecule has 1 aromatic heterocycles. The molecule has 0 aliphatic heterocycles. The molecule has 0 aliphatic rings. The predicted molar refractivity (Wildman–Crippen MR) is 216 cm³/mol. The van der Waals surface area contributed by atoms with Gasteiger partial charge in [0.1, 0.15) is 39.5 Å². The second-order valence-electron chi connectivity index (χ2n) is 12.3. The summed E-state index contributed by atoms with van der Waals surface area (Å²) in [4.78, 5) is 21.9. The lowest BCUT2D eigenvalue weighted by molar-refractivity contribution is 0.0995. The molecule has 6 rings (SSSR count). The number of carbonyl (C=O) groups is 1. The van der Waals surface area contributed by atoms with Gasteiger partial charge in [0.2, 0.25) is 10.0 Å². The summed E-state index contributed by atoms with van der Waals surface area (Å²) in [5.41, 5.74) is 1.18. The number of carbonyl (C=O) groups excluding carboxylic acids is 1. The summed E-state index contributed by atoms with van der Waals surface area (Å²) in [6.45, 7) is 0.273. The van der Waals surface area contributed by atoms with Crippen molar-refractivity contribution in [1.29, 1.82) is 0 Å². The molecule has 6 aromatic rings. The van der Waals surface area contributed by atoms with Crippen LogP contribution in [0.1, 0.15) is 36.2 Å². The maximum Gasteiger partial charge on any atom is 0.280 e. The lowest BCUT2D eigenvalue weighted by atomic mass is 10.2. The maximum atomic E-state index is 13.7. The van der Waals surface area contributed by atoms with Crippen LogP contribution in [0, 0.1) is 0 Å². The van der Waals surface area contributed by atoms with Crippen molar-refractivity contribution in [1.82, 2.24) is 14.7 Å². The number of halogens is 1. The van der Waals surface area contributed by atoms with Gasteiger partial charge in [-0.2, -0.15) is 0 Å². The summed E-state index contributed by atoms with van der Waals surface area (Å²) in [5.74, 6) is -0.205. The van der Waals surface area contributed by atoms with Gasteiger partial charge in [0.25, 0.3) is 5.91 Å². The molecule has 0 radical (unpaired) electrons. The van der Waals surface area contributed by atoms with Gasteiger partial charge in [-0.25, -0.2) is 18.1 Å². The highest BCUT2D eigenvalue weighted by Crippen LogP contribution is 2.56. The number of nitrogens with one attached hydrogen (secondary N) is 2. The number of imidazole rings is 1. The number of H-pyrrole nitrogens is 1. The number of aromatic amines is 1. The quantitative estimate of drug-likeness (QED) is 0.0764. The largest absolute Gasteiger partial charge is 0.495 e. The fraction of sp³-hybridized carbons (Fsp3) is 0.171. The zero-order chi connectivity index (χ0) is 36.4. The Hall–Kier alpha value is -4.60. The highest BCUT2D eigenvalue weighted by Gasteiger charge is 2.44. The third kappa shape index (κ3) is 8.37. The Kier molecular flexibility index (Phi) is 12.3. The highest BCUT2D eigenvalue weighted by atomic mass is 79.9. The number of ether oxygens (including phenoxy) is 1. The first-order chi connectivity index (χ1) is 25.3. The van der Waals surface area contributed by atoms with Crippen molar-refractivity contribution in [3.8, 4) is 5.75 Å². The van der Waals surface area contributed by atoms with Crippen molar-refractivity contribution < 1.29 is 17.9 Å². The lowest BCUT2D eigenvalue weighted by Crippen LogP contribution is -2.33. The number of hydrogen-bond donors (Lipinski definition) is 2. The average Bonchev–Trinajstić information content (AvgIpc) is 3.73. The summed E-state index contributed by atoms with van der Waals surface area (Å²) < 4.78 is 36.6. The van der Waals surface area contributed by atoms with Crippen molar-refractivity contribution in [2.24, 2.45) is 0 Å². The maximum absolute atomic E-state index is 13.7. The molecule has 5 aromatic carbocycles. The van der Waals surface area contributed by atoms with Gasteiger partial charge in [0, 0.05) is 16.7 Å². The second kappa shape index (κ2) is 17.3. The van der Waals surface area contributed by atoms with E-state index in [0.717, 1.165) is 29.9 Å². The standard InChI is InChI=1S/C41H40BrN4O4PS/c1-50-39-26-25-34(46(33-23-21-32(42)22-24-33)41(47)38-30-43-31-44-38)29-40(39)52(48,49)45-27-13-2-3-14-28-51(35-15-7-4-8-16-35,36-17-9-5-10-18-36)37-19-11-6-12-20-37/h4-12,15-26,29-31,45H,2-3,13-14,27-28H2,1H3/p+1. The summed E-state index contributed by atoms with van der Waals surface area (Å²) in [5, 5.41) is 4.09. The van der Waals surface area contributed by atoms with E-state index in [1.807, 2.05) is 12.1 Å². The van der Waals surface area contributed by atoms with E-state index < -0.39 is 17.3 Å². The summed E-state index contributed by atoms with van der Waals surface area (Å²) in [6, 6.07) is 44.4. The number of sulfonamides is 1. The number of amides is 1. The monoisotopic (exact) mass is 795 g/mol.